The summed E-state index contributed by atoms with van der Waals surface area (Å²) in [6, 6.07) is 7.50. The second kappa shape index (κ2) is 4.43. The van der Waals surface area contributed by atoms with Crippen LogP contribution in [-0.4, -0.2) is 20.0 Å². The van der Waals surface area contributed by atoms with Crippen molar-refractivity contribution in [2.24, 2.45) is 0 Å². The summed E-state index contributed by atoms with van der Waals surface area (Å²) in [7, 11) is 0. The lowest BCUT2D eigenvalue weighted by Crippen LogP contribution is -2.00. The molecule has 0 amide bonds. The second-order valence-electron chi connectivity index (χ2n) is 4.12. The van der Waals surface area contributed by atoms with Crippen LogP contribution in [0.1, 0.15) is 30.2 Å². The predicted molar refractivity (Wildman–Crippen MR) is 64.1 cm³/mol. The Labute approximate surface area is 103 Å². The molecule has 1 unspecified atom stereocenters. The zero-order valence-electron chi connectivity index (χ0n) is 9.11. The number of aliphatic hydroxyl groups is 1. The number of aromatic nitrogens is 2. The van der Waals surface area contributed by atoms with Crippen LogP contribution in [0.15, 0.2) is 30.5 Å². The standard InChI is InChI=1S/C12H12N2O2S/c15-12(11-7-13-17-14-11)8-1-3-9(4-2-8)16-10-5-6-10/h1-4,7,10,12,15H,5-6H2. The van der Waals surface area contributed by atoms with Gasteiger partial charge in [0.05, 0.1) is 24.0 Å². The quantitative estimate of drug-likeness (QED) is 0.900. The summed E-state index contributed by atoms with van der Waals surface area (Å²) in [5.74, 6) is 0.861. The highest BCUT2D eigenvalue weighted by Crippen LogP contribution is 2.28. The minimum atomic E-state index is -0.705. The first-order valence-electron chi connectivity index (χ1n) is 5.55. The molecule has 3 rings (SSSR count). The lowest BCUT2D eigenvalue weighted by atomic mass is 10.1. The first-order valence-corrected chi connectivity index (χ1v) is 6.28. The maximum Gasteiger partial charge on any atom is 0.124 e. The van der Waals surface area contributed by atoms with Gasteiger partial charge >= 0.3 is 0 Å². The molecule has 88 valence electrons. The molecule has 0 saturated heterocycles. The van der Waals surface area contributed by atoms with Crippen LogP contribution >= 0.6 is 11.7 Å². The van der Waals surface area contributed by atoms with Crippen molar-refractivity contribution in [2.75, 3.05) is 0 Å². The molecule has 1 N–H and O–H groups in total. The third kappa shape index (κ3) is 2.45. The SMILES string of the molecule is OC(c1ccc(OC2CC2)cc1)c1cnsn1. The van der Waals surface area contributed by atoms with E-state index in [1.54, 1.807) is 6.20 Å². The summed E-state index contributed by atoms with van der Waals surface area (Å²) in [4.78, 5) is 0. The molecule has 1 aliphatic rings. The third-order valence-corrected chi connectivity index (χ3v) is 3.17. The molecule has 0 radical (unpaired) electrons. The highest BCUT2D eigenvalue weighted by Gasteiger charge is 2.23. The van der Waals surface area contributed by atoms with E-state index < -0.39 is 6.10 Å². The molecule has 0 spiro atoms. The topological polar surface area (TPSA) is 55.2 Å². The van der Waals surface area contributed by atoms with Crippen LogP contribution in [0.2, 0.25) is 0 Å². The van der Waals surface area contributed by atoms with Crippen molar-refractivity contribution < 1.29 is 9.84 Å². The molecule has 0 aliphatic heterocycles. The van der Waals surface area contributed by atoms with Crippen LogP contribution in [0.4, 0.5) is 0 Å². The van der Waals surface area contributed by atoms with Crippen LogP contribution in [0.25, 0.3) is 0 Å². The van der Waals surface area contributed by atoms with Gasteiger partial charge in [0.1, 0.15) is 17.5 Å². The summed E-state index contributed by atoms with van der Waals surface area (Å²) in [5.41, 5.74) is 1.40. The van der Waals surface area contributed by atoms with Crippen molar-refractivity contribution in [3.8, 4) is 5.75 Å². The van der Waals surface area contributed by atoms with E-state index in [9.17, 15) is 5.11 Å². The molecule has 2 aromatic rings. The smallest absolute Gasteiger partial charge is 0.124 e. The van der Waals surface area contributed by atoms with E-state index in [4.69, 9.17) is 4.74 Å². The van der Waals surface area contributed by atoms with Crippen LogP contribution in [0.3, 0.4) is 0 Å². The number of hydrogen-bond donors (Lipinski definition) is 1. The number of benzene rings is 1. The Morgan fingerprint density at radius 1 is 1.29 bits per heavy atom. The average molecular weight is 248 g/mol. The number of aliphatic hydroxyl groups excluding tert-OH is 1. The summed E-state index contributed by atoms with van der Waals surface area (Å²) in [6.07, 6.45) is 3.57. The van der Waals surface area contributed by atoms with Gasteiger partial charge in [-0.25, -0.2) is 0 Å². The fourth-order valence-electron chi connectivity index (χ4n) is 1.57. The predicted octanol–water partition coefficient (Wildman–Crippen LogP) is 2.16. The molecular weight excluding hydrogens is 236 g/mol. The van der Waals surface area contributed by atoms with Crippen LogP contribution in [-0.2, 0) is 0 Å². The third-order valence-electron chi connectivity index (χ3n) is 2.68. The highest BCUT2D eigenvalue weighted by atomic mass is 32.1. The van der Waals surface area contributed by atoms with Crippen LogP contribution in [0, 0.1) is 0 Å². The molecule has 1 saturated carbocycles. The van der Waals surface area contributed by atoms with E-state index >= 15 is 0 Å². The summed E-state index contributed by atoms with van der Waals surface area (Å²) >= 11 is 1.10. The minimum absolute atomic E-state index is 0.397. The van der Waals surface area contributed by atoms with Gasteiger partial charge in [0, 0.05) is 0 Å². The Kier molecular flexibility index (Phi) is 2.78. The van der Waals surface area contributed by atoms with Crippen molar-refractivity contribution in [1.82, 2.24) is 8.75 Å². The largest absolute Gasteiger partial charge is 0.490 e. The highest BCUT2D eigenvalue weighted by molar-refractivity contribution is 6.99. The molecular formula is C12H12N2O2S. The lowest BCUT2D eigenvalue weighted by molar-refractivity contribution is 0.216. The van der Waals surface area contributed by atoms with Gasteiger partial charge in [0.25, 0.3) is 0 Å². The van der Waals surface area contributed by atoms with E-state index in [1.807, 2.05) is 24.3 Å². The van der Waals surface area contributed by atoms with Gasteiger partial charge in [-0.2, -0.15) is 8.75 Å². The Morgan fingerprint density at radius 2 is 2.06 bits per heavy atom. The molecule has 1 fully saturated rings. The summed E-state index contributed by atoms with van der Waals surface area (Å²) < 4.78 is 13.5. The molecule has 0 bridgehead atoms. The molecule has 1 aromatic carbocycles. The van der Waals surface area contributed by atoms with Crippen LogP contribution in [0.5, 0.6) is 5.75 Å². The number of ether oxygens (including phenoxy) is 1. The molecule has 5 heteroatoms. The zero-order valence-corrected chi connectivity index (χ0v) is 9.93. The minimum Gasteiger partial charge on any atom is -0.490 e. The van der Waals surface area contributed by atoms with Crippen molar-refractivity contribution in [3.05, 3.63) is 41.7 Å². The number of rotatable bonds is 4. The first-order chi connectivity index (χ1) is 8.33. The van der Waals surface area contributed by atoms with Crippen molar-refractivity contribution in [1.29, 1.82) is 0 Å². The normalized spacial score (nSPS) is 16.8. The Morgan fingerprint density at radius 3 is 2.65 bits per heavy atom. The number of nitrogens with zero attached hydrogens (tertiary/aromatic N) is 2. The molecule has 4 nitrogen and oxygen atoms in total. The molecule has 1 aliphatic carbocycles. The van der Waals surface area contributed by atoms with Gasteiger partial charge < -0.3 is 9.84 Å². The van der Waals surface area contributed by atoms with Crippen molar-refractivity contribution >= 4 is 11.7 Å². The van der Waals surface area contributed by atoms with E-state index in [-0.39, 0.29) is 0 Å². The Bertz CT molecular complexity index is 480. The maximum atomic E-state index is 10.0. The molecule has 1 atom stereocenters. The lowest BCUT2D eigenvalue weighted by Gasteiger charge is -2.09. The Balaban J connectivity index is 1.74. The van der Waals surface area contributed by atoms with Gasteiger partial charge in [0.2, 0.25) is 0 Å². The van der Waals surface area contributed by atoms with Crippen molar-refractivity contribution in [2.45, 2.75) is 25.0 Å². The van der Waals surface area contributed by atoms with E-state index in [0.29, 0.717) is 11.8 Å². The van der Waals surface area contributed by atoms with Crippen molar-refractivity contribution in [3.63, 3.8) is 0 Å². The first kappa shape index (κ1) is 10.7. The second-order valence-corrected chi connectivity index (χ2v) is 4.68. The molecule has 1 aromatic heterocycles. The van der Waals surface area contributed by atoms with E-state index in [2.05, 4.69) is 8.75 Å². The van der Waals surface area contributed by atoms with Gasteiger partial charge in [-0.15, -0.1) is 0 Å². The maximum absolute atomic E-state index is 10.0. The Hall–Kier alpha value is -1.46. The average Bonchev–Trinajstić information content (AvgIpc) is 3.00. The van der Waals surface area contributed by atoms with Gasteiger partial charge in [-0.05, 0) is 30.5 Å². The summed E-state index contributed by atoms with van der Waals surface area (Å²) in [5, 5.41) is 10.0. The summed E-state index contributed by atoms with van der Waals surface area (Å²) in [6.45, 7) is 0. The fourth-order valence-corrected chi connectivity index (χ4v) is 2.01. The zero-order chi connectivity index (χ0) is 11.7. The van der Waals surface area contributed by atoms with Gasteiger partial charge in [-0.1, -0.05) is 12.1 Å². The van der Waals surface area contributed by atoms with E-state index in [1.165, 1.54) is 0 Å². The van der Waals surface area contributed by atoms with Gasteiger partial charge in [0.15, 0.2) is 0 Å². The molecule has 17 heavy (non-hydrogen) atoms. The fraction of sp³-hybridized carbons (Fsp3) is 0.333. The molecule has 1 heterocycles. The van der Waals surface area contributed by atoms with Crippen LogP contribution < -0.4 is 4.74 Å². The van der Waals surface area contributed by atoms with Gasteiger partial charge in [-0.3, -0.25) is 0 Å². The number of hydrogen-bond acceptors (Lipinski definition) is 5. The van der Waals surface area contributed by atoms with E-state index in [0.717, 1.165) is 35.9 Å². The monoisotopic (exact) mass is 248 g/mol.